The van der Waals surface area contributed by atoms with E-state index in [-0.39, 0.29) is 6.07 Å². The Kier molecular flexibility index (Phi) is 4.36. The third-order valence-corrected chi connectivity index (χ3v) is 2.78. The Hall–Kier alpha value is -1.21. The molecule has 1 aromatic carbocycles. The maximum Gasteiger partial charge on any atom is 0.230 e. The lowest BCUT2D eigenvalue weighted by molar-refractivity contribution is -0.221. The van der Waals surface area contributed by atoms with Crippen LogP contribution in [0.3, 0.4) is 0 Å². The predicted octanol–water partition coefficient (Wildman–Crippen LogP) is 3.75. The van der Waals surface area contributed by atoms with Gasteiger partial charge in [0.1, 0.15) is 0 Å². The number of halogens is 5. The van der Waals surface area contributed by atoms with Crippen LogP contribution in [0.5, 0.6) is 0 Å². The maximum atomic E-state index is 13.7. The smallest absolute Gasteiger partial charge is 0.230 e. The number of alkyl halides is 1. The minimum Gasteiger partial charge on any atom is -0.353 e. The summed E-state index contributed by atoms with van der Waals surface area (Å²) in [5, 5.41) is 0. The molecule has 0 bridgehead atoms. The Balaban J connectivity index is 2.16. The van der Waals surface area contributed by atoms with Gasteiger partial charge in [0.2, 0.25) is 6.36 Å². The molecule has 2 nitrogen and oxygen atoms in total. The summed E-state index contributed by atoms with van der Waals surface area (Å²) in [4.78, 5) is 0. The fourth-order valence-corrected chi connectivity index (χ4v) is 1.78. The minimum atomic E-state index is -2.42. The molecular weight excluding hydrogens is 271 g/mol. The number of hydrogen-bond donors (Lipinski definition) is 0. The lowest BCUT2D eigenvalue weighted by Crippen LogP contribution is -2.23. The van der Waals surface area contributed by atoms with E-state index in [2.05, 4.69) is 0 Å². The summed E-state index contributed by atoms with van der Waals surface area (Å²) in [6.07, 6.45) is -1.39. The zero-order chi connectivity index (χ0) is 14.0. The highest BCUT2D eigenvalue weighted by Gasteiger charge is 2.27. The molecule has 0 aliphatic carbocycles. The molecule has 2 unspecified atom stereocenters. The number of hydrogen-bond acceptors (Lipinski definition) is 2. The third-order valence-electron chi connectivity index (χ3n) is 2.78. The van der Waals surface area contributed by atoms with Gasteiger partial charge in [-0.3, -0.25) is 0 Å². The van der Waals surface area contributed by atoms with Gasteiger partial charge in [0.25, 0.3) is 0 Å². The van der Waals surface area contributed by atoms with E-state index in [1.54, 1.807) is 0 Å². The molecule has 1 saturated heterocycles. The average molecular weight is 282 g/mol. The van der Waals surface area contributed by atoms with Gasteiger partial charge in [-0.25, -0.2) is 22.0 Å². The SMILES string of the molecule is Fc1cc(C(F)OC2CCCCO2)c(F)c(F)c1F. The summed E-state index contributed by atoms with van der Waals surface area (Å²) in [6.45, 7) is 0.367. The first-order valence-electron chi connectivity index (χ1n) is 5.74. The Morgan fingerprint density at radius 3 is 2.47 bits per heavy atom. The van der Waals surface area contributed by atoms with Crippen molar-refractivity contribution in [1.29, 1.82) is 0 Å². The zero-order valence-electron chi connectivity index (χ0n) is 9.77. The number of rotatable bonds is 3. The molecular formula is C12H11F5O2. The fourth-order valence-electron chi connectivity index (χ4n) is 1.78. The summed E-state index contributed by atoms with van der Waals surface area (Å²) in [5.74, 6) is -7.53. The van der Waals surface area contributed by atoms with E-state index < -0.39 is 41.5 Å². The quantitative estimate of drug-likeness (QED) is 0.477. The van der Waals surface area contributed by atoms with E-state index in [1.165, 1.54) is 0 Å². The van der Waals surface area contributed by atoms with E-state index in [4.69, 9.17) is 9.47 Å². The molecule has 2 rings (SSSR count). The van der Waals surface area contributed by atoms with Gasteiger partial charge in [0.05, 0.1) is 5.56 Å². The normalized spacial score (nSPS) is 21.4. The Labute approximate surface area is 106 Å². The van der Waals surface area contributed by atoms with Crippen molar-refractivity contribution in [3.05, 3.63) is 34.9 Å². The summed E-state index contributed by atoms with van der Waals surface area (Å²) in [6, 6.07) is 0.237. The van der Waals surface area contributed by atoms with Gasteiger partial charge in [-0.05, 0) is 25.3 Å². The molecule has 0 aromatic heterocycles. The fraction of sp³-hybridized carbons (Fsp3) is 0.500. The highest BCUT2D eigenvalue weighted by molar-refractivity contribution is 5.22. The molecule has 1 aliphatic rings. The van der Waals surface area contributed by atoms with Gasteiger partial charge in [0, 0.05) is 6.61 Å². The van der Waals surface area contributed by atoms with Crippen LogP contribution in [0.4, 0.5) is 22.0 Å². The molecule has 106 valence electrons. The van der Waals surface area contributed by atoms with Gasteiger partial charge >= 0.3 is 0 Å². The first-order valence-corrected chi connectivity index (χ1v) is 5.74. The van der Waals surface area contributed by atoms with Crippen molar-refractivity contribution >= 4 is 0 Å². The van der Waals surface area contributed by atoms with Crippen molar-refractivity contribution in [3.63, 3.8) is 0 Å². The van der Waals surface area contributed by atoms with Crippen LogP contribution < -0.4 is 0 Å². The van der Waals surface area contributed by atoms with Crippen LogP contribution in [-0.2, 0) is 9.47 Å². The largest absolute Gasteiger partial charge is 0.353 e. The molecule has 7 heteroatoms. The van der Waals surface area contributed by atoms with Crippen LogP contribution >= 0.6 is 0 Å². The van der Waals surface area contributed by atoms with Crippen molar-refractivity contribution in [1.82, 2.24) is 0 Å². The molecule has 1 heterocycles. The molecule has 2 atom stereocenters. The molecule has 1 fully saturated rings. The maximum absolute atomic E-state index is 13.7. The second-order valence-corrected chi connectivity index (χ2v) is 4.14. The summed E-state index contributed by atoms with van der Waals surface area (Å²) in [7, 11) is 0. The van der Waals surface area contributed by atoms with E-state index >= 15 is 0 Å². The van der Waals surface area contributed by atoms with Crippen molar-refractivity contribution in [2.75, 3.05) is 6.61 Å². The molecule has 0 saturated carbocycles. The van der Waals surface area contributed by atoms with Crippen molar-refractivity contribution in [2.24, 2.45) is 0 Å². The van der Waals surface area contributed by atoms with Crippen LogP contribution in [0.2, 0.25) is 0 Å². The van der Waals surface area contributed by atoms with Gasteiger partial charge in [-0.2, -0.15) is 0 Å². The van der Waals surface area contributed by atoms with Crippen LogP contribution in [0.15, 0.2) is 6.07 Å². The second kappa shape index (κ2) is 5.83. The van der Waals surface area contributed by atoms with Gasteiger partial charge in [0.15, 0.2) is 29.6 Å². The molecule has 1 aliphatic heterocycles. The Bertz CT molecular complexity index is 460. The summed E-state index contributed by atoms with van der Waals surface area (Å²) >= 11 is 0. The van der Waals surface area contributed by atoms with Crippen molar-refractivity contribution in [2.45, 2.75) is 31.9 Å². The lowest BCUT2D eigenvalue weighted by Gasteiger charge is -2.24. The molecule has 0 N–H and O–H groups in total. The van der Waals surface area contributed by atoms with Crippen LogP contribution in [-0.4, -0.2) is 12.9 Å². The second-order valence-electron chi connectivity index (χ2n) is 4.14. The first kappa shape index (κ1) is 14.2. The van der Waals surface area contributed by atoms with Gasteiger partial charge < -0.3 is 9.47 Å². The minimum absolute atomic E-state index is 0.237. The molecule has 0 spiro atoms. The van der Waals surface area contributed by atoms with Crippen LogP contribution in [0.1, 0.15) is 31.2 Å². The monoisotopic (exact) mass is 282 g/mol. The van der Waals surface area contributed by atoms with Crippen molar-refractivity contribution < 1.29 is 31.4 Å². The standard InChI is InChI=1S/C12H11F5O2/c13-7-5-6(9(14)11(16)10(7)15)12(17)19-8-3-1-2-4-18-8/h5,8,12H,1-4H2. The molecule has 19 heavy (non-hydrogen) atoms. The van der Waals surface area contributed by atoms with E-state index in [1.807, 2.05) is 0 Å². The summed E-state index contributed by atoms with van der Waals surface area (Å²) in [5.41, 5.74) is -1.02. The Morgan fingerprint density at radius 2 is 1.84 bits per heavy atom. The predicted molar refractivity (Wildman–Crippen MR) is 54.8 cm³/mol. The van der Waals surface area contributed by atoms with E-state index in [9.17, 15) is 22.0 Å². The molecule has 0 radical (unpaired) electrons. The van der Waals surface area contributed by atoms with Gasteiger partial charge in [-0.1, -0.05) is 0 Å². The van der Waals surface area contributed by atoms with E-state index in [0.29, 0.717) is 13.0 Å². The van der Waals surface area contributed by atoms with Crippen molar-refractivity contribution in [3.8, 4) is 0 Å². The Morgan fingerprint density at radius 1 is 1.11 bits per heavy atom. The average Bonchev–Trinajstić information content (AvgIpc) is 2.41. The highest BCUT2D eigenvalue weighted by Crippen LogP contribution is 2.29. The topological polar surface area (TPSA) is 18.5 Å². The number of benzene rings is 1. The highest BCUT2D eigenvalue weighted by atomic mass is 19.2. The first-order chi connectivity index (χ1) is 9.00. The number of ether oxygens (including phenoxy) is 2. The third kappa shape index (κ3) is 3.03. The zero-order valence-corrected chi connectivity index (χ0v) is 9.77. The van der Waals surface area contributed by atoms with Gasteiger partial charge in [-0.15, -0.1) is 0 Å². The molecule has 0 amide bonds. The molecule has 1 aromatic rings. The summed E-state index contributed by atoms with van der Waals surface area (Å²) < 4.78 is 75.3. The van der Waals surface area contributed by atoms with E-state index in [0.717, 1.165) is 12.8 Å². The van der Waals surface area contributed by atoms with Crippen LogP contribution in [0, 0.1) is 23.3 Å². The lowest BCUT2D eigenvalue weighted by atomic mass is 10.1. The van der Waals surface area contributed by atoms with Crippen LogP contribution in [0.25, 0.3) is 0 Å².